The standard InChI is InChI=1S/C33H52N2O5S/c1-5-12-29(36)30(37)27(20-24-15-10-7-11-16-24)34-32(39)28(21-25-17-18-25)35-31(38)26(22-41(40)33(2,3)4)19-23-13-8-6-9-14-23/h5-6,8-9,13-14,24-30,36-37H,1,7,10-12,15-22H2,2-4H3,(H,34,39)(H,35,38)/t26-,27+,28+,29+,30-,41?/m1/s1. The van der Waals surface area contributed by atoms with Crippen LogP contribution in [0.3, 0.4) is 0 Å². The number of benzene rings is 1. The molecule has 4 N–H and O–H groups in total. The highest BCUT2D eigenvalue weighted by Crippen LogP contribution is 2.34. The van der Waals surface area contributed by atoms with Crippen molar-refractivity contribution in [2.75, 3.05) is 5.75 Å². The summed E-state index contributed by atoms with van der Waals surface area (Å²) in [6, 6.07) is 8.31. The second kappa shape index (κ2) is 16.0. The third-order valence-electron chi connectivity index (χ3n) is 8.48. The number of carbonyl (C=O) groups is 2. The molecule has 41 heavy (non-hydrogen) atoms. The minimum atomic E-state index is -1.24. The van der Waals surface area contributed by atoms with E-state index in [0.29, 0.717) is 31.1 Å². The molecule has 8 heteroatoms. The van der Waals surface area contributed by atoms with Crippen LogP contribution in [0.1, 0.15) is 90.5 Å². The predicted molar refractivity (Wildman–Crippen MR) is 166 cm³/mol. The molecule has 6 atom stereocenters. The minimum absolute atomic E-state index is 0.207. The molecule has 2 aliphatic carbocycles. The third-order valence-corrected chi connectivity index (χ3v) is 10.6. The fourth-order valence-corrected chi connectivity index (χ4v) is 6.83. The van der Waals surface area contributed by atoms with Crippen molar-refractivity contribution in [1.29, 1.82) is 0 Å². The normalized spacial score (nSPS) is 20.7. The second-order valence-corrected chi connectivity index (χ2v) is 15.4. The molecule has 1 unspecified atom stereocenters. The summed E-state index contributed by atoms with van der Waals surface area (Å²) in [5.74, 6) is -0.201. The average molecular weight is 589 g/mol. The highest BCUT2D eigenvalue weighted by molar-refractivity contribution is 7.86. The fourth-order valence-electron chi connectivity index (χ4n) is 5.69. The Morgan fingerprint density at radius 2 is 1.61 bits per heavy atom. The van der Waals surface area contributed by atoms with E-state index in [9.17, 15) is 24.0 Å². The molecule has 0 spiro atoms. The Balaban J connectivity index is 1.76. The molecule has 1 aromatic rings. The molecule has 230 valence electrons. The number of rotatable bonds is 16. The van der Waals surface area contributed by atoms with Gasteiger partial charge < -0.3 is 20.8 Å². The van der Waals surface area contributed by atoms with Gasteiger partial charge in [-0.15, -0.1) is 6.58 Å². The van der Waals surface area contributed by atoms with E-state index in [0.717, 1.165) is 44.1 Å². The van der Waals surface area contributed by atoms with E-state index < -0.39 is 45.8 Å². The molecule has 2 aliphatic rings. The first-order chi connectivity index (χ1) is 19.5. The van der Waals surface area contributed by atoms with Crippen LogP contribution in [0, 0.1) is 17.8 Å². The quantitative estimate of drug-likeness (QED) is 0.213. The van der Waals surface area contributed by atoms with Gasteiger partial charge in [0.15, 0.2) is 0 Å². The number of hydrogen-bond acceptors (Lipinski definition) is 5. The van der Waals surface area contributed by atoms with Crippen LogP contribution in [-0.2, 0) is 26.8 Å². The Labute approximate surface area is 249 Å². The lowest BCUT2D eigenvalue weighted by Crippen LogP contribution is -2.56. The predicted octanol–water partition coefficient (Wildman–Crippen LogP) is 4.43. The highest BCUT2D eigenvalue weighted by atomic mass is 32.2. The molecule has 0 aliphatic heterocycles. The van der Waals surface area contributed by atoms with Crippen LogP contribution in [0.25, 0.3) is 0 Å². The van der Waals surface area contributed by atoms with Gasteiger partial charge in [-0.3, -0.25) is 13.8 Å². The van der Waals surface area contributed by atoms with E-state index in [1.807, 2.05) is 51.1 Å². The molecule has 0 saturated heterocycles. The molecule has 0 aromatic heterocycles. The Hall–Kier alpha value is -2.03. The number of aliphatic hydroxyl groups excluding tert-OH is 2. The lowest BCUT2D eigenvalue weighted by atomic mass is 9.82. The summed E-state index contributed by atoms with van der Waals surface area (Å²) in [6.45, 7) is 9.39. The largest absolute Gasteiger partial charge is 0.390 e. The first-order valence-electron chi connectivity index (χ1n) is 15.5. The molecule has 3 rings (SSSR count). The van der Waals surface area contributed by atoms with E-state index in [1.54, 1.807) is 6.08 Å². The van der Waals surface area contributed by atoms with E-state index >= 15 is 0 Å². The van der Waals surface area contributed by atoms with Gasteiger partial charge in [0.1, 0.15) is 12.1 Å². The van der Waals surface area contributed by atoms with Gasteiger partial charge in [0.2, 0.25) is 11.8 Å². The van der Waals surface area contributed by atoms with Crippen LogP contribution in [-0.4, -0.2) is 61.0 Å². The monoisotopic (exact) mass is 588 g/mol. The topological polar surface area (TPSA) is 116 Å². The molecule has 7 nitrogen and oxygen atoms in total. The van der Waals surface area contributed by atoms with Crippen molar-refractivity contribution in [2.24, 2.45) is 17.8 Å². The van der Waals surface area contributed by atoms with Crippen molar-refractivity contribution >= 4 is 22.6 Å². The molecule has 0 bridgehead atoms. The van der Waals surface area contributed by atoms with Gasteiger partial charge in [0.05, 0.1) is 18.1 Å². The summed E-state index contributed by atoms with van der Waals surface area (Å²) >= 11 is 0. The number of hydrogen-bond donors (Lipinski definition) is 4. The van der Waals surface area contributed by atoms with Crippen molar-refractivity contribution < 1.29 is 24.0 Å². The molecule has 0 radical (unpaired) electrons. The number of carbonyl (C=O) groups excluding carboxylic acids is 2. The van der Waals surface area contributed by atoms with Crippen molar-refractivity contribution in [3.05, 3.63) is 48.6 Å². The van der Waals surface area contributed by atoms with Crippen molar-refractivity contribution in [1.82, 2.24) is 10.6 Å². The van der Waals surface area contributed by atoms with Crippen LogP contribution in [0.2, 0.25) is 0 Å². The molecule has 1 aromatic carbocycles. The van der Waals surface area contributed by atoms with Gasteiger partial charge >= 0.3 is 0 Å². The van der Waals surface area contributed by atoms with Crippen molar-refractivity contribution in [2.45, 2.75) is 120 Å². The first kappa shape index (κ1) is 33.5. The minimum Gasteiger partial charge on any atom is -0.390 e. The lowest BCUT2D eigenvalue weighted by molar-refractivity contribution is -0.132. The molecule has 0 heterocycles. The second-order valence-electron chi connectivity index (χ2n) is 13.2. The zero-order chi connectivity index (χ0) is 30.0. The van der Waals surface area contributed by atoms with Gasteiger partial charge in [-0.1, -0.05) is 81.4 Å². The summed E-state index contributed by atoms with van der Waals surface area (Å²) in [4.78, 5) is 27.5. The van der Waals surface area contributed by atoms with Crippen LogP contribution >= 0.6 is 0 Å². The van der Waals surface area contributed by atoms with E-state index in [4.69, 9.17) is 0 Å². The molecular formula is C33H52N2O5S. The van der Waals surface area contributed by atoms with Crippen molar-refractivity contribution in [3.63, 3.8) is 0 Å². The smallest absolute Gasteiger partial charge is 0.242 e. The van der Waals surface area contributed by atoms with Crippen LogP contribution in [0.15, 0.2) is 43.0 Å². The Morgan fingerprint density at radius 3 is 2.20 bits per heavy atom. The summed E-state index contributed by atoms with van der Waals surface area (Å²) in [5.41, 5.74) is 0.980. The maximum Gasteiger partial charge on any atom is 0.242 e. The maximum absolute atomic E-state index is 13.7. The summed E-state index contributed by atoms with van der Waals surface area (Å²) in [7, 11) is -1.24. The summed E-state index contributed by atoms with van der Waals surface area (Å²) in [5, 5.41) is 27.7. The van der Waals surface area contributed by atoms with Gasteiger partial charge in [-0.25, -0.2) is 0 Å². The average Bonchev–Trinajstić information content (AvgIpc) is 3.76. The number of aliphatic hydroxyl groups is 2. The lowest BCUT2D eigenvalue weighted by Gasteiger charge is -2.33. The fraction of sp³-hybridized carbons (Fsp3) is 0.697. The molecule has 2 saturated carbocycles. The van der Waals surface area contributed by atoms with Gasteiger partial charge in [0, 0.05) is 21.3 Å². The summed E-state index contributed by atoms with van der Waals surface area (Å²) in [6.07, 6.45) is 8.80. The van der Waals surface area contributed by atoms with E-state index in [2.05, 4.69) is 17.2 Å². The van der Waals surface area contributed by atoms with Crippen LogP contribution in [0.4, 0.5) is 0 Å². The van der Waals surface area contributed by atoms with E-state index in [-0.39, 0.29) is 24.0 Å². The maximum atomic E-state index is 13.7. The van der Waals surface area contributed by atoms with Gasteiger partial charge in [0.25, 0.3) is 0 Å². The highest BCUT2D eigenvalue weighted by Gasteiger charge is 2.36. The third kappa shape index (κ3) is 11.3. The molecular weight excluding hydrogens is 536 g/mol. The van der Waals surface area contributed by atoms with Gasteiger partial charge in [-0.2, -0.15) is 0 Å². The van der Waals surface area contributed by atoms with Crippen LogP contribution < -0.4 is 10.6 Å². The Kier molecular flexibility index (Phi) is 13.1. The van der Waals surface area contributed by atoms with Crippen molar-refractivity contribution in [3.8, 4) is 0 Å². The van der Waals surface area contributed by atoms with Gasteiger partial charge in [-0.05, 0) is 63.9 Å². The Morgan fingerprint density at radius 1 is 0.976 bits per heavy atom. The molecule has 2 amide bonds. The zero-order valence-corrected chi connectivity index (χ0v) is 26.0. The number of nitrogens with one attached hydrogen (secondary N) is 2. The summed E-state index contributed by atoms with van der Waals surface area (Å²) < 4.78 is 12.6. The van der Waals surface area contributed by atoms with E-state index in [1.165, 1.54) is 6.42 Å². The number of amides is 2. The first-order valence-corrected chi connectivity index (χ1v) is 16.8. The zero-order valence-electron chi connectivity index (χ0n) is 25.2. The van der Waals surface area contributed by atoms with Crippen LogP contribution in [0.5, 0.6) is 0 Å². The Bertz CT molecular complexity index is 1000. The SMILES string of the molecule is C=CC[C@H](O)[C@H](O)[C@H](CC1CCCCC1)NC(=O)[C@H](CC1CC1)NC(=O)[C@H](Cc1ccccc1)CS(=O)C(C)(C)C. The molecule has 2 fully saturated rings.